The second-order valence-corrected chi connectivity index (χ2v) is 7.16. The molecule has 1 saturated carbocycles. The number of nitrogens with zero attached hydrogens (tertiary/aromatic N) is 2. The molecule has 1 N–H and O–H groups in total. The molecule has 22 heavy (non-hydrogen) atoms. The first-order valence-electron chi connectivity index (χ1n) is 8.92. The quantitative estimate of drug-likeness (QED) is 0.432. The summed E-state index contributed by atoms with van der Waals surface area (Å²) in [5.41, 5.74) is 0.602. The molecule has 3 aliphatic rings. The summed E-state index contributed by atoms with van der Waals surface area (Å²) in [6.45, 7) is 8.28. The van der Waals surface area contributed by atoms with Gasteiger partial charge in [0.05, 0.1) is 6.61 Å². The number of hydrogen-bond acceptors (Lipinski definition) is 2. The molecule has 0 radical (unpaired) electrons. The first kappa shape index (κ1) is 18.3. The van der Waals surface area contributed by atoms with Gasteiger partial charge in [-0.2, -0.15) is 0 Å². The van der Waals surface area contributed by atoms with Gasteiger partial charge in [-0.25, -0.2) is 0 Å². The highest BCUT2D eigenvalue weighted by Crippen LogP contribution is 2.43. The fourth-order valence-corrected chi connectivity index (χ4v) is 4.19. The molecule has 3 rings (SSSR count). The van der Waals surface area contributed by atoms with Gasteiger partial charge in [0.25, 0.3) is 0 Å². The molecule has 1 aliphatic carbocycles. The number of likely N-dealkylation sites (tertiary alicyclic amines) is 1. The Morgan fingerprint density at radius 1 is 1.27 bits per heavy atom. The first-order valence-corrected chi connectivity index (χ1v) is 8.92. The van der Waals surface area contributed by atoms with E-state index in [1.807, 2.05) is 0 Å². The van der Waals surface area contributed by atoms with Crippen LogP contribution in [0.5, 0.6) is 0 Å². The number of ether oxygens (including phenoxy) is 1. The maximum absolute atomic E-state index is 5.46. The highest BCUT2D eigenvalue weighted by Gasteiger charge is 2.39. The third-order valence-corrected chi connectivity index (χ3v) is 5.51. The van der Waals surface area contributed by atoms with Crippen molar-refractivity contribution in [2.45, 2.75) is 51.9 Å². The van der Waals surface area contributed by atoms with E-state index in [0.29, 0.717) is 11.3 Å². The van der Waals surface area contributed by atoms with Crippen LogP contribution in [0.3, 0.4) is 0 Å². The van der Waals surface area contributed by atoms with Crippen molar-refractivity contribution in [3.8, 4) is 0 Å². The SMILES string of the molecule is CCNC(=NCC1CCOC1)N1CCC2(CCCCC2)C1.I. The van der Waals surface area contributed by atoms with Gasteiger partial charge in [0.1, 0.15) is 0 Å². The molecule has 128 valence electrons. The monoisotopic (exact) mass is 421 g/mol. The fraction of sp³-hybridized carbons (Fsp3) is 0.941. The van der Waals surface area contributed by atoms with Crippen molar-refractivity contribution in [3.05, 3.63) is 0 Å². The standard InChI is InChI=1S/C17H31N3O.HI/c1-2-18-16(19-12-15-6-11-21-13-15)20-10-9-17(14-20)7-4-3-5-8-17;/h15H,2-14H2,1H3,(H,18,19);1H. The molecule has 5 heteroatoms. The Morgan fingerprint density at radius 3 is 2.77 bits per heavy atom. The maximum atomic E-state index is 5.46. The largest absolute Gasteiger partial charge is 0.381 e. The van der Waals surface area contributed by atoms with E-state index >= 15 is 0 Å². The second-order valence-electron chi connectivity index (χ2n) is 7.16. The van der Waals surface area contributed by atoms with Crippen molar-refractivity contribution in [3.63, 3.8) is 0 Å². The lowest BCUT2D eigenvalue weighted by Crippen LogP contribution is -2.42. The van der Waals surface area contributed by atoms with Gasteiger partial charge in [-0.1, -0.05) is 19.3 Å². The Hall–Kier alpha value is -0.0400. The van der Waals surface area contributed by atoms with E-state index in [1.165, 1.54) is 58.0 Å². The Morgan fingerprint density at radius 2 is 2.09 bits per heavy atom. The molecule has 0 amide bonds. The van der Waals surface area contributed by atoms with E-state index in [0.717, 1.165) is 32.3 Å². The molecule has 0 bridgehead atoms. The van der Waals surface area contributed by atoms with Crippen LogP contribution >= 0.6 is 24.0 Å². The van der Waals surface area contributed by atoms with Gasteiger partial charge >= 0.3 is 0 Å². The molecule has 4 nitrogen and oxygen atoms in total. The summed E-state index contributed by atoms with van der Waals surface area (Å²) in [5, 5.41) is 3.51. The smallest absolute Gasteiger partial charge is 0.193 e. The predicted molar refractivity (Wildman–Crippen MR) is 102 cm³/mol. The Labute approximate surface area is 152 Å². The summed E-state index contributed by atoms with van der Waals surface area (Å²) in [7, 11) is 0. The lowest BCUT2D eigenvalue weighted by Gasteiger charge is -2.33. The van der Waals surface area contributed by atoms with Gasteiger partial charge < -0.3 is 15.0 Å². The molecule has 0 aromatic carbocycles. The second kappa shape index (κ2) is 8.71. The summed E-state index contributed by atoms with van der Waals surface area (Å²) in [4.78, 5) is 7.43. The highest BCUT2D eigenvalue weighted by molar-refractivity contribution is 14.0. The van der Waals surface area contributed by atoms with Crippen LogP contribution in [0, 0.1) is 11.3 Å². The predicted octanol–water partition coefficient (Wildman–Crippen LogP) is 3.26. The Kier molecular flexibility index (Phi) is 7.25. The normalized spacial score (nSPS) is 28.0. The number of aliphatic imine (C=N–C) groups is 1. The topological polar surface area (TPSA) is 36.9 Å². The Bertz CT molecular complexity index is 363. The summed E-state index contributed by atoms with van der Waals surface area (Å²) in [6.07, 6.45) is 9.70. The number of hydrogen-bond donors (Lipinski definition) is 1. The Balaban J connectivity index is 0.00000176. The first-order chi connectivity index (χ1) is 10.3. The molecule has 1 spiro atoms. The van der Waals surface area contributed by atoms with Crippen molar-refractivity contribution in [2.24, 2.45) is 16.3 Å². The van der Waals surface area contributed by atoms with Crippen LogP contribution in [0.2, 0.25) is 0 Å². The number of rotatable bonds is 3. The van der Waals surface area contributed by atoms with Gasteiger partial charge in [0.2, 0.25) is 0 Å². The van der Waals surface area contributed by atoms with Gasteiger partial charge in [-0.05, 0) is 38.0 Å². The van der Waals surface area contributed by atoms with Crippen molar-refractivity contribution in [1.29, 1.82) is 0 Å². The summed E-state index contributed by atoms with van der Waals surface area (Å²) in [5.74, 6) is 1.77. The van der Waals surface area contributed by atoms with Crippen molar-refractivity contribution in [2.75, 3.05) is 39.4 Å². The van der Waals surface area contributed by atoms with E-state index in [-0.39, 0.29) is 24.0 Å². The third-order valence-electron chi connectivity index (χ3n) is 5.51. The average molecular weight is 421 g/mol. The van der Waals surface area contributed by atoms with Crippen molar-refractivity contribution >= 4 is 29.9 Å². The number of guanidine groups is 1. The minimum absolute atomic E-state index is 0. The van der Waals surface area contributed by atoms with Crippen LogP contribution in [-0.4, -0.2) is 50.3 Å². The van der Waals surface area contributed by atoms with Crippen LogP contribution in [0.15, 0.2) is 4.99 Å². The zero-order valence-electron chi connectivity index (χ0n) is 14.0. The summed E-state index contributed by atoms with van der Waals surface area (Å²) in [6, 6.07) is 0. The van der Waals surface area contributed by atoms with E-state index in [9.17, 15) is 0 Å². The fourth-order valence-electron chi connectivity index (χ4n) is 4.19. The molecule has 2 heterocycles. The molecule has 2 saturated heterocycles. The van der Waals surface area contributed by atoms with Crippen LogP contribution in [0.25, 0.3) is 0 Å². The van der Waals surface area contributed by atoms with Crippen molar-refractivity contribution in [1.82, 2.24) is 10.2 Å². The van der Waals surface area contributed by atoms with Gasteiger partial charge in [-0.3, -0.25) is 4.99 Å². The summed E-state index contributed by atoms with van der Waals surface area (Å²) < 4.78 is 5.46. The summed E-state index contributed by atoms with van der Waals surface area (Å²) >= 11 is 0. The van der Waals surface area contributed by atoms with Gasteiger partial charge in [0.15, 0.2) is 5.96 Å². The lowest BCUT2D eigenvalue weighted by molar-refractivity contribution is 0.187. The average Bonchev–Trinajstić information content (AvgIpc) is 3.15. The molecule has 1 unspecified atom stereocenters. The maximum Gasteiger partial charge on any atom is 0.193 e. The van der Waals surface area contributed by atoms with E-state index in [1.54, 1.807) is 0 Å². The number of halogens is 1. The molecule has 0 aromatic rings. The van der Waals surface area contributed by atoms with Gasteiger partial charge in [0, 0.05) is 38.7 Å². The zero-order chi connectivity index (χ0) is 14.5. The van der Waals surface area contributed by atoms with Crippen LogP contribution < -0.4 is 5.32 Å². The third kappa shape index (κ3) is 4.49. The lowest BCUT2D eigenvalue weighted by atomic mass is 9.73. The van der Waals surface area contributed by atoms with E-state index in [4.69, 9.17) is 9.73 Å². The van der Waals surface area contributed by atoms with E-state index in [2.05, 4.69) is 17.1 Å². The molecular formula is C17H32IN3O. The minimum atomic E-state index is 0. The van der Waals surface area contributed by atoms with E-state index < -0.39 is 0 Å². The van der Waals surface area contributed by atoms with Crippen LogP contribution in [0.4, 0.5) is 0 Å². The van der Waals surface area contributed by atoms with Crippen LogP contribution in [0.1, 0.15) is 51.9 Å². The van der Waals surface area contributed by atoms with Gasteiger partial charge in [-0.15, -0.1) is 24.0 Å². The molecular weight excluding hydrogens is 389 g/mol. The minimum Gasteiger partial charge on any atom is -0.381 e. The molecule has 1 atom stereocenters. The molecule has 0 aromatic heterocycles. The molecule has 2 aliphatic heterocycles. The molecule has 3 fully saturated rings. The van der Waals surface area contributed by atoms with Crippen molar-refractivity contribution < 1.29 is 4.74 Å². The highest BCUT2D eigenvalue weighted by atomic mass is 127. The zero-order valence-corrected chi connectivity index (χ0v) is 16.3. The number of nitrogens with one attached hydrogen (secondary N) is 1. The van der Waals surface area contributed by atoms with Crippen LogP contribution in [-0.2, 0) is 4.74 Å².